The molecule has 0 bridgehead atoms. The fourth-order valence-electron chi connectivity index (χ4n) is 2.32. The van der Waals surface area contributed by atoms with E-state index in [2.05, 4.69) is 36.8 Å². The number of anilines is 2. The molecule has 2 aromatic carbocycles. The molecule has 0 aliphatic heterocycles. The van der Waals surface area contributed by atoms with Crippen LogP contribution in [0.3, 0.4) is 0 Å². The highest BCUT2D eigenvalue weighted by Gasteiger charge is 2.07. The number of benzene rings is 2. The van der Waals surface area contributed by atoms with Gasteiger partial charge in [-0.25, -0.2) is 9.37 Å². The molecule has 2 N–H and O–H groups in total. The van der Waals surface area contributed by atoms with Crippen LogP contribution in [0.15, 0.2) is 70.4 Å². The Morgan fingerprint density at radius 3 is 2.65 bits per heavy atom. The quantitative estimate of drug-likeness (QED) is 0.277. The van der Waals surface area contributed by atoms with Crippen LogP contribution in [0.5, 0.6) is 5.75 Å². The van der Waals surface area contributed by atoms with Gasteiger partial charge >= 0.3 is 0 Å². The Labute approximate surface area is 184 Å². The highest BCUT2D eigenvalue weighted by atomic mass is 79.9. The lowest BCUT2D eigenvalue weighted by molar-refractivity contribution is -0.385. The van der Waals surface area contributed by atoms with Crippen molar-refractivity contribution < 1.29 is 18.8 Å². The maximum absolute atomic E-state index is 12.9. The lowest BCUT2D eigenvalue weighted by Gasteiger charge is -2.09. The number of hydrogen-bond donors (Lipinski definition) is 2. The molecule has 158 valence electrons. The van der Waals surface area contributed by atoms with Gasteiger partial charge in [-0.15, -0.1) is 0 Å². The predicted octanol–water partition coefficient (Wildman–Crippen LogP) is 4.35. The molecule has 11 heteroatoms. The molecule has 0 aliphatic carbocycles. The Kier molecular flexibility index (Phi) is 7.22. The van der Waals surface area contributed by atoms with Gasteiger partial charge in [-0.05, 0) is 70.0 Å². The largest absolute Gasteiger partial charge is 0.483 e. The summed E-state index contributed by atoms with van der Waals surface area (Å²) < 4.78 is 19.0. The Morgan fingerprint density at radius 1 is 1.23 bits per heavy atom. The minimum Gasteiger partial charge on any atom is -0.483 e. The lowest BCUT2D eigenvalue weighted by atomic mass is 10.2. The number of nitro groups is 1. The van der Waals surface area contributed by atoms with Crippen LogP contribution in [0, 0.1) is 15.9 Å². The van der Waals surface area contributed by atoms with Crippen LogP contribution in [0.25, 0.3) is 0 Å². The second-order valence-electron chi connectivity index (χ2n) is 6.06. The van der Waals surface area contributed by atoms with Crippen LogP contribution in [-0.4, -0.2) is 28.6 Å². The maximum Gasteiger partial charge on any atom is 0.287 e. The molecule has 0 unspecified atom stereocenters. The summed E-state index contributed by atoms with van der Waals surface area (Å²) in [5.74, 6) is 0.0365. The first-order chi connectivity index (χ1) is 14.9. The van der Waals surface area contributed by atoms with Gasteiger partial charge in [0.1, 0.15) is 23.6 Å². The number of nitrogens with zero attached hydrogens (tertiary/aromatic N) is 3. The lowest BCUT2D eigenvalue weighted by Crippen LogP contribution is -2.20. The number of aromatic nitrogens is 1. The zero-order chi connectivity index (χ0) is 22.2. The zero-order valence-electron chi connectivity index (χ0n) is 15.8. The van der Waals surface area contributed by atoms with Gasteiger partial charge in [-0.2, -0.15) is 5.10 Å². The topological polar surface area (TPSA) is 119 Å². The summed E-state index contributed by atoms with van der Waals surface area (Å²) in [6.45, 7) is -0.225. The van der Waals surface area contributed by atoms with Gasteiger partial charge in [0, 0.05) is 11.8 Å². The number of nitrogens with one attached hydrogen (secondary N) is 2. The van der Waals surface area contributed by atoms with E-state index in [1.807, 2.05) is 0 Å². The molecule has 1 amide bonds. The number of ether oxygens (including phenoxy) is 1. The highest BCUT2D eigenvalue weighted by Crippen LogP contribution is 2.25. The van der Waals surface area contributed by atoms with Crippen molar-refractivity contribution >= 4 is 45.2 Å². The minimum absolute atomic E-state index is 0.111. The fraction of sp³-hybridized carbons (Fsp3) is 0.0500. The van der Waals surface area contributed by atoms with Crippen LogP contribution in [0.4, 0.5) is 21.6 Å². The van der Waals surface area contributed by atoms with Crippen LogP contribution in [0.1, 0.15) is 5.56 Å². The summed E-state index contributed by atoms with van der Waals surface area (Å²) >= 11 is 3.37. The standard InChI is InChI=1S/C20H15BrFN5O4/c21-17-9-13(10-24-26-19-8-6-16(11-23-19)27(29)30)1-7-18(17)31-12-20(28)25-15-4-2-14(22)3-5-15/h1-11H,12H2,(H,23,26)(H,25,28)/b24-10+. The molecule has 0 saturated heterocycles. The SMILES string of the molecule is O=C(COc1ccc(/C=N/Nc2ccc([N+](=O)[O-])cn2)cc1Br)Nc1ccc(F)cc1. The Hall–Kier alpha value is -3.86. The van der Waals surface area contributed by atoms with Crippen molar-refractivity contribution in [1.29, 1.82) is 0 Å². The molecule has 0 aliphatic rings. The van der Waals surface area contributed by atoms with E-state index in [4.69, 9.17) is 4.74 Å². The highest BCUT2D eigenvalue weighted by molar-refractivity contribution is 9.10. The van der Waals surface area contributed by atoms with Crippen molar-refractivity contribution in [3.8, 4) is 5.75 Å². The van der Waals surface area contributed by atoms with Crippen LogP contribution < -0.4 is 15.5 Å². The smallest absolute Gasteiger partial charge is 0.287 e. The molecular weight excluding hydrogens is 473 g/mol. The van der Waals surface area contributed by atoms with Crippen molar-refractivity contribution in [2.45, 2.75) is 0 Å². The number of carbonyl (C=O) groups excluding carboxylic acids is 1. The number of carbonyl (C=O) groups is 1. The summed E-state index contributed by atoms with van der Waals surface area (Å²) in [4.78, 5) is 25.9. The summed E-state index contributed by atoms with van der Waals surface area (Å²) in [5.41, 5.74) is 3.76. The second kappa shape index (κ2) is 10.3. The van der Waals surface area contributed by atoms with Crippen LogP contribution >= 0.6 is 15.9 Å². The van der Waals surface area contributed by atoms with Crippen LogP contribution in [-0.2, 0) is 4.79 Å². The van der Waals surface area contributed by atoms with Crippen molar-refractivity contribution in [3.05, 3.63) is 86.8 Å². The van der Waals surface area contributed by atoms with Crippen molar-refractivity contribution in [3.63, 3.8) is 0 Å². The van der Waals surface area contributed by atoms with Gasteiger partial charge in [0.2, 0.25) is 0 Å². The molecule has 0 fully saturated rings. The molecular formula is C20H15BrFN5O4. The number of halogens is 2. The summed E-state index contributed by atoms with van der Waals surface area (Å²) in [6, 6.07) is 13.3. The fourth-order valence-corrected chi connectivity index (χ4v) is 2.83. The average Bonchev–Trinajstić information content (AvgIpc) is 2.75. The molecule has 0 spiro atoms. The maximum atomic E-state index is 12.9. The summed E-state index contributed by atoms with van der Waals surface area (Å²) in [5, 5.41) is 17.2. The molecule has 3 aromatic rings. The van der Waals surface area contributed by atoms with Crippen LogP contribution in [0.2, 0.25) is 0 Å². The molecule has 0 saturated carbocycles. The monoisotopic (exact) mass is 487 g/mol. The Bertz CT molecular complexity index is 1110. The Morgan fingerprint density at radius 2 is 2.00 bits per heavy atom. The normalized spacial score (nSPS) is 10.6. The minimum atomic E-state index is -0.534. The number of rotatable bonds is 8. The first-order valence-corrected chi connectivity index (χ1v) is 9.57. The third-order valence-corrected chi connectivity index (χ3v) is 4.41. The van der Waals surface area contributed by atoms with E-state index in [0.717, 1.165) is 11.8 Å². The Balaban J connectivity index is 1.51. The molecule has 9 nitrogen and oxygen atoms in total. The van der Waals surface area contributed by atoms with E-state index in [9.17, 15) is 19.3 Å². The zero-order valence-corrected chi connectivity index (χ0v) is 17.4. The van der Waals surface area contributed by atoms with E-state index < -0.39 is 4.92 Å². The number of hydrogen-bond acceptors (Lipinski definition) is 7. The molecule has 1 aromatic heterocycles. The predicted molar refractivity (Wildman–Crippen MR) is 117 cm³/mol. The first kappa shape index (κ1) is 21.8. The van der Waals surface area contributed by atoms with Gasteiger partial charge in [0.25, 0.3) is 11.6 Å². The molecule has 3 rings (SSSR count). The molecule has 31 heavy (non-hydrogen) atoms. The molecule has 0 atom stereocenters. The second-order valence-corrected chi connectivity index (χ2v) is 6.92. The summed E-state index contributed by atoms with van der Waals surface area (Å²) in [7, 11) is 0. The van der Waals surface area contributed by atoms with Gasteiger partial charge in [-0.1, -0.05) is 0 Å². The molecule has 0 radical (unpaired) electrons. The van der Waals surface area contributed by atoms with E-state index >= 15 is 0 Å². The van der Waals surface area contributed by atoms with Crippen molar-refractivity contribution in [2.75, 3.05) is 17.3 Å². The third-order valence-electron chi connectivity index (χ3n) is 3.79. The number of amides is 1. The van der Waals surface area contributed by atoms with E-state index in [1.165, 1.54) is 42.6 Å². The number of hydrazone groups is 1. The first-order valence-electron chi connectivity index (χ1n) is 8.78. The van der Waals surface area contributed by atoms with Crippen molar-refractivity contribution in [2.24, 2.45) is 5.10 Å². The average molecular weight is 488 g/mol. The van der Waals surface area contributed by atoms with Gasteiger partial charge in [0.15, 0.2) is 6.61 Å². The van der Waals surface area contributed by atoms with Gasteiger partial charge < -0.3 is 10.1 Å². The van der Waals surface area contributed by atoms with E-state index in [1.54, 1.807) is 18.2 Å². The van der Waals surface area contributed by atoms with Crippen molar-refractivity contribution in [1.82, 2.24) is 4.98 Å². The van der Waals surface area contributed by atoms with E-state index in [-0.39, 0.29) is 24.0 Å². The third kappa shape index (κ3) is 6.57. The van der Waals surface area contributed by atoms with E-state index in [0.29, 0.717) is 21.7 Å². The summed E-state index contributed by atoms with van der Waals surface area (Å²) in [6.07, 6.45) is 2.66. The number of pyridine rings is 1. The molecule has 1 heterocycles. The van der Waals surface area contributed by atoms with Gasteiger partial charge in [0.05, 0.1) is 15.6 Å². The van der Waals surface area contributed by atoms with Gasteiger partial charge in [-0.3, -0.25) is 20.3 Å².